The predicted molar refractivity (Wildman–Crippen MR) is 87.6 cm³/mol. The number of likely N-dealkylation sites (tertiary alicyclic amines) is 2. The summed E-state index contributed by atoms with van der Waals surface area (Å²) >= 11 is 2.71. The van der Waals surface area contributed by atoms with Gasteiger partial charge in [0, 0.05) is 9.97 Å². The van der Waals surface area contributed by atoms with Crippen molar-refractivity contribution in [3.63, 3.8) is 0 Å². The number of alkyl halides is 1. The number of rotatable bonds is 4. The minimum atomic E-state index is 0.611. The Morgan fingerprint density at radius 3 is 2.11 bits per heavy atom. The molecular formula is C15H29IN2. The molecule has 0 spiro atoms. The number of piperidine rings is 2. The molecule has 0 saturated carbocycles. The fraction of sp³-hybridized carbons (Fsp3) is 1.00. The molecular weight excluding hydrogens is 335 g/mol. The summed E-state index contributed by atoms with van der Waals surface area (Å²) in [6.45, 7) is 12.6. The molecule has 0 amide bonds. The standard InChI is InChI=1S/C15H29IN2/c1-3-15(16)7-11-18(12-8-15)13-14-5-9-17(4-2)10-6-14/h14H,3-13H2,1-2H3. The Morgan fingerprint density at radius 1 is 1.00 bits per heavy atom. The summed E-state index contributed by atoms with van der Waals surface area (Å²) in [5.74, 6) is 0.969. The lowest BCUT2D eigenvalue weighted by Gasteiger charge is -2.40. The maximum atomic E-state index is 2.73. The van der Waals surface area contributed by atoms with E-state index in [1.54, 1.807) is 0 Å². The molecule has 2 fully saturated rings. The van der Waals surface area contributed by atoms with Gasteiger partial charge in [0.05, 0.1) is 0 Å². The van der Waals surface area contributed by atoms with Crippen LogP contribution in [0.25, 0.3) is 0 Å². The van der Waals surface area contributed by atoms with Crippen LogP contribution in [0.3, 0.4) is 0 Å². The summed E-state index contributed by atoms with van der Waals surface area (Å²) in [6, 6.07) is 0. The van der Waals surface area contributed by atoms with Crippen LogP contribution in [-0.4, -0.2) is 52.5 Å². The van der Waals surface area contributed by atoms with Gasteiger partial charge in [0.15, 0.2) is 0 Å². The first kappa shape index (κ1) is 15.0. The topological polar surface area (TPSA) is 6.48 Å². The van der Waals surface area contributed by atoms with Crippen LogP contribution in [0.5, 0.6) is 0 Å². The van der Waals surface area contributed by atoms with Crippen LogP contribution in [0.1, 0.15) is 46.0 Å². The third kappa shape index (κ3) is 4.07. The molecule has 0 bridgehead atoms. The predicted octanol–water partition coefficient (Wildman–Crippen LogP) is 3.40. The number of halogens is 1. The first-order chi connectivity index (χ1) is 8.65. The molecule has 2 rings (SSSR count). The van der Waals surface area contributed by atoms with Crippen LogP contribution in [0.15, 0.2) is 0 Å². The highest BCUT2D eigenvalue weighted by atomic mass is 127. The van der Waals surface area contributed by atoms with Gasteiger partial charge in [-0.3, -0.25) is 0 Å². The fourth-order valence-electron chi connectivity index (χ4n) is 3.34. The molecule has 0 atom stereocenters. The zero-order chi connectivity index (χ0) is 13.0. The van der Waals surface area contributed by atoms with E-state index in [1.807, 2.05) is 0 Å². The van der Waals surface area contributed by atoms with Gasteiger partial charge in [-0.25, -0.2) is 0 Å². The van der Waals surface area contributed by atoms with Crippen LogP contribution in [0.4, 0.5) is 0 Å². The maximum absolute atomic E-state index is 2.73. The van der Waals surface area contributed by atoms with E-state index in [-0.39, 0.29) is 0 Å². The lowest BCUT2D eigenvalue weighted by molar-refractivity contribution is 0.127. The Morgan fingerprint density at radius 2 is 1.61 bits per heavy atom. The second-order valence-corrected chi connectivity index (χ2v) is 8.47. The van der Waals surface area contributed by atoms with Crippen LogP contribution in [-0.2, 0) is 0 Å². The van der Waals surface area contributed by atoms with E-state index < -0.39 is 0 Å². The summed E-state index contributed by atoms with van der Waals surface area (Å²) in [7, 11) is 0. The second-order valence-electron chi connectivity index (χ2n) is 6.18. The molecule has 0 aromatic heterocycles. The molecule has 2 nitrogen and oxygen atoms in total. The van der Waals surface area contributed by atoms with Crippen molar-refractivity contribution in [3.05, 3.63) is 0 Å². The van der Waals surface area contributed by atoms with Gasteiger partial charge < -0.3 is 9.80 Å². The summed E-state index contributed by atoms with van der Waals surface area (Å²) in [4.78, 5) is 5.33. The molecule has 0 radical (unpaired) electrons. The van der Waals surface area contributed by atoms with E-state index in [9.17, 15) is 0 Å². The first-order valence-corrected chi connectivity index (χ1v) is 8.86. The molecule has 2 heterocycles. The molecule has 0 aliphatic carbocycles. The Kier molecular flexibility index (Phi) is 5.76. The minimum Gasteiger partial charge on any atom is -0.304 e. The SMILES string of the molecule is CCN1CCC(CN2CCC(I)(CC)CC2)CC1. The summed E-state index contributed by atoms with van der Waals surface area (Å²) < 4.78 is 0.611. The third-order valence-corrected chi connectivity index (χ3v) is 6.90. The zero-order valence-corrected chi connectivity index (χ0v) is 14.3. The highest BCUT2D eigenvalue weighted by Gasteiger charge is 2.31. The number of hydrogen-bond donors (Lipinski definition) is 0. The van der Waals surface area contributed by atoms with E-state index in [1.165, 1.54) is 71.4 Å². The Labute approximate surface area is 127 Å². The summed E-state index contributed by atoms with van der Waals surface area (Å²) in [5.41, 5.74) is 0. The van der Waals surface area contributed by atoms with Gasteiger partial charge in [-0.05, 0) is 70.7 Å². The van der Waals surface area contributed by atoms with Gasteiger partial charge in [0.2, 0.25) is 0 Å². The Balaban J connectivity index is 1.69. The van der Waals surface area contributed by atoms with E-state index in [2.05, 4.69) is 46.2 Å². The van der Waals surface area contributed by atoms with Crippen LogP contribution >= 0.6 is 22.6 Å². The van der Waals surface area contributed by atoms with Crippen molar-refractivity contribution in [3.8, 4) is 0 Å². The maximum Gasteiger partial charge on any atom is 0.0244 e. The van der Waals surface area contributed by atoms with Gasteiger partial charge in [0.1, 0.15) is 0 Å². The number of nitrogens with zero attached hydrogens (tertiary/aromatic N) is 2. The molecule has 0 N–H and O–H groups in total. The van der Waals surface area contributed by atoms with E-state index in [0.717, 1.165) is 5.92 Å². The third-order valence-electron chi connectivity index (χ3n) is 5.06. The Bertz CT molecular complexity index is 241. The van der Waals surface area contributed by atoms with E-state index in [4.69, 9.17) is 0 Å². The van der Waals surface area contributed by atoms with Crippen molar-refractivity contribution < 1.29 is 0 Å². The molecule has 2 aliphatic rings. The largest absolute Gasteiger partial charge is 0.304 e. The highest BCUT2D eigenvalue weighted by Crippen LogP contribution is 2.35. The molecule has 0 aromatic carbocycles. The molecule has 106 valence electrons. The van der Waals surface area contributed by atoms with Gasteiger partial charge in [-0.1, -0.05) is 36.4 Å². The highest BCUT2D eigenvalue weighted by molar-refractivity contribution is 14.1. The average Bonchev–Trinajstić information content (AvgIpc) is 2.42. The van der Waals surface area contributed by atoms with Crippen molar-refractivity contribution in [1.29, 1.82) is 0 Å². The van der Waals surface area contributed by atoms with Crippen LogP contribution in [0, 0.1) is 5.92 Å². The summed E-state index contributed by atoms with van der Waals surface area (Å²) in [6.07, 6.45) is 6.99. The minimum absolute atomic E-state index is 0.611. The lowest BCUT2D eigenvalue weighted by Crippen LogP contribution is -2.44. The van der Waals surface area contributed by atoms with Crippen molar-refractivity contribution in [2.24, 2.45) is 5.92 Å². The molecule has 0 aromatic rings. The average molecular weight is 364 g/mol. The van der Waals surface area contributed by atoms with Gasteiger partial charge in [-0.2, -0.15) is 0 Å². The molecule has 2 aliphatic heterocycles. The zero-order valence-electron chi connectivity index (χ0n) is 12.1. The molecule has 2 saturated heterocycles. The first-order valence-electron chi connectivity index (χ1n) is 7.79. The molecule has 18 heavy (non-hydrogen) atoms. The monoisotopic (exact) mass is 364 g/mol. The van der Waals surface area contributed by atoms with Crippen molar-refractivity contribution >= 4 is 22.6 Å². The van der Waals surface area contributed by atoms with Crippen LogP contribution < -0.4 is 0 Å². The fourth-order valence-corrected chi connectivity index (χ4v) is 3.82. The quantitative estimate of drug-likeness (QED) is 0.557. The molecule has 0 unspecified atom stereocenters. The smallest absolute Gasteiger partial charge is 0.0244 e. The second kappa shape index (κ2) is 6.89. The summed E-state index contributed by atoms with van der Waals surface area (Å²) in [5, 5.41) is 0. The van der Waals surface area contributed by atoms with Gasteiger partial charge in [0.25, 0.3) is 0 Å². The van der Waals surface area contributed by atoms with E-state index >= 15 is 0 Å². The number of hydrogen-bond acceptors (Lipinski definition) is 2. The van der Waals surface area contributed by atoms with Crippen molar-refractivity contribution in [2.75, 3.05) is 39.3 Å². The molecule has 3 heteroatoms. The van der Waals surface area contributed by atoms with E-state index in [0.29, 0.717) is 3.42 Å². The Hall–Kier alpha value is 0.650. The van der Waals surface area contributed by atoms with Crippen molar-refractivity contribution in [2.45, 2.75) is 49.4 Å². The van der Waals surface area contributed by atoms with Gasteiger partial charge >= 0.3 is 0 Å². The lowest BCUT2D eigenvalue weighted by atomic mass is 9.91. The normalized spacial score (nSPS) is 27.5. The van der Waals surface area contributed by atoms with Gasteiger partial charge in [-0.15, -0.1) is 0 Å². The van der Waals surface area contributed by atoms with Crippen LogP contribution in [0.2, 0.25) is 0 Å². The van der Waals surface area contributed by atoms with Crippen molar-refractivity contribution in [1.82, 2.24) is 9.80 Å².